The number of hydrogen-bond acceptors (Lipinski definition) is 4. The summed E-state index contributed by atoms with van der Waals surface area (Å²) < 4.78 is 49.6. The van der Waals surface area contributed by atoms with Crippen molar-refractivity contribution in [2.45, 2.75) is 103 Å². The Hall–Kier alpha value is -2.57. The van der Waals surface area contributed by atoms with Gasteiger partial charge in [-0.2, -0.15) is 13.2 Å². The molecule has 0 spiro atoms. The third kappa shape index (κ3) is 14.4. The van der Waals surface area contributed by atoms with Crippen LogP contribution < -0.4 is 4.74 Å². The predicted octanol–water partition coefficient (Wildman–Crippen LogP) is 8.86. The van der Waals surface area contributed by atoms with Crippen LogP contribution in [0.4, 0.5) is 13.2 Å². The second-order valence-corrected chi connectivity index (χ2v) is 8.56. The van der Waals surface area contributed by atoms with E-state index in [0.29, 0.717) is 6.42 Å². The third-order valence-corrected chi connectivity index (χ3v) is 5.39. The molecule has 0 amide bonds. The number of halogens is 3. The summed E-state index contributed by atoms with van der Waals surface area (Å²) in [6, 6.07) is 5.51. The summed E-state index contributed by atoms with van der Waals surface area (Å²) >= 11 is 0. The molecule has 0 atom stereocenters. The van der Waals surface area contributed by atoms with E-state index in [0.717, 1.165) is 45.1 Å². The van der Waals surface area contributed by atoms with Crippen LogP contribution in [0.5, 0.6) is 5.75 Å². The van der Waals surface area contributed by atoms with Gasteiger partial charge >= 0.3 is 18.1 Å². The number of esters is 2. The Labute approximate surface area is 207 Å². The van der Waals surface area contributed by atoms with Crippen LogP contribution in [0, 0.1) is 0 Å². The van der Waals surface area contributed by atoms with Crippen molar-refractivity contribution < 1.29 is 32.2 Å². The van der Waals surface area contributed by atoms with E-state index < -0.39 is 23.9 Å². The zero-order valence-electron chi connectivity index (χ0n) is 21.0. The first-order chi connectivity index (χ1) is 16.8. The van der Waals surface area contributed by atoms with Crippen LogP contribution in [0.3, 0.4) is 0 Å². The average Bonchev–Trinajstić information content (AvgIpc) is 2.80. The Balaban J connectivity index is 2.36. The van der Waals surface area contributed by atoms with E-state index in [-0.39, 0.29) is 17.7 Å². The lowest BCUT2D eigenvalue weighted by atomic mass is 10.1. The third-order valence-electron chi connectivity index (χ3n) is 5.39. The van der Waals surface area contributed by atoms with E-state index >= 15 is 0 Å². The van der Waals surface area contributed by atoms with Crippen LogP contribution in [-0.2, 0) is 9.53 Å². The second-order valence-electron chi connectivity index (χ2n) is 8.56. The van der Waals surface area contributed by atoms with Gasteiger partial charge in [0, 0.05) is 6.92 Å². The monoisotopic (exact) mass is 496 g/mol. The number of para-hydroxylation sites is 1. The number of ether oxygens (including phenoxy) is 2. The van der Waals surface area contributed by atoms with Crippen molar-refractivity contribution in [1.82, 2.24) is 0 Å². The normalized spacial score (nSPS) is 12.2. The summed E-state index contributed by atoms with van der Waals surface area (Å²) in [7, 11) is 0. The molecule has 0 bridgehead atoms. The van der Waals surface area contributed by atoms with Gasteiger partial charge in [0.15, 0.2) is 0 Å². The summed E-state index contributed by atoms with van der Waals surface area (Å²) in [5, 5.41) is 0. The molecule has 4 nitrogen and oxygen atoms in total. The molecule has 196 valence electrons. The minimum Gasteiger partial charge on any atom is -0.426 e. The molecule has 0 aromatic heterocycles. The fourth-order valence-electron chi connectivity index (χ4n) is 3.52. The Kier molecular flexibility index (Phi) is 15.5. The molecular formula is C28H39F3O4. The van der Waals surface area contributed by atoms with Gasteiger partial charge < -0.3 is 9.47 Å². The first kappa shape index (κ1) is 30.5. The molecule has 35 heavy (non-hydrogen) atoms. The molecule has 0 aliphatic rings. The molecule has 0 aliphatic heterocycles. The number of alkyl halides is 3. The van der Waals surface area contributed by atoms with Gasteiger partial charge in [-0.25, -0.2) is 4.79 Å². The van der Waals surface area contributed by atoms with E-state index in [1.54, 1.807) is 0 Å². The number of benzene rings is 1. The summed E-state index contributed by atoms with van der Waals surface area (Å²) in [4.78, 5) is 23.5. The SMILES string of the molecule is CCCCCCCC/C=C\CCCCCC/C=C(/OC(=O)c1ccccc1OC(C)=O)C(F)(F)F. The summed E-state index contributed by atoms with van der Waals surface area (Å²) in [5.74, 6) is -3.41. The van der Waals surface area contributed by atoms with Crippen LogP contribution in [0.15, 0.2) is 48.3 Å². The van der Waals surface area contributed by atoms with Crippen LogP contribution in [0.25, 0.3) is 0 Å². The minimum atomic E-state index is -4.80. The van der Waals surface area contributed by atoms with Gasteiger partial charge in [0.1, 0.15) is 11.3 Å². The maximum absolute atomic E-state index is 13.3. The maximum Gasteiger partial charge on any atom is 0.449 e. The number of carbonyl (C=O) groups is 2. The van der Waals surface area contributed by atoms with E-state index in [2.05, 4.69) is 23.8 Å². The fraction of sp³-hybridized carbons (Fsp3) is 0.571. The maximum atomic E-state index is 13.3. The lowest BCUT2D eigenvalue weighted by molar-refractivity contribution is -0.132. The number of rotatable bonds is 17. The number of allylic oxidation sites excluding steroid dienone is 4. The van der Waals surface area contributed by atoms with Gasteiger partial charge in [0.25, 0.3) is 0 Å². The van der Waals surface area contributed by atoms with Crippen LogP contribution in [0.2, 0.25) is 0 Å². The molecular weight excluding hydrogens is 457 g/mol. The lowest BCUT2D eigenvalue weighted by Crippen LogP contribution is -2.19. The molecule has 1 rings (SSSR count). The molecule has 0 radical (unpaired) electrons. The van der Waals surface area contributed by atoms with Gasteiger partial charge in [-0.15, -0.1) is 0 Å². The van der Waals surface area contributed by atoms with Crippen molar-refractivity contribution in [3.8, 4) is 5.75 Å². The topological polar surface area (TPSA) is 52.6 Å². The molecule has 0 aliphatic carbocycles. The van der Waals surface area contributed by atoms with Crippen LogP contribution >= 0.6 is 0 Å². The van der Waals surface area contributed by atoms with Gasteiger partial charge in [-0.1, -0.05) is 76.2 Å². The van der Waals surface area contributed by atoms with Gasteiger partial charge in [-0.3, -0.25) is 4.79 Å². The minimum absolute atomic E-state index is 0.146. The highest BCUT2D eigenvalue weighted by molar-refractivity contribution is 5.94. The lowest BCUT2D eigenvalue weighted by Gasteiger charge is -2.13. The molecule has 0 heterocycles. The zero-order chi connectivity index (χ0) is 25.9. The Bertz CT molecular complexity index is 813. The van der Waals surface area contributed by atoms with Crippen molar-refractivity contribution in [2.24, 2.45) is 0 Å². The summed E-state index contributed by atoms with van der Waals surface area (Å²) in [5.41, 5.74) is -0.248. The molecule has 0 N–H and O–H groups in total. The van der Waals surface area contributed by atoms with Crippen molar-refractivity contribution >= 4 is 11.9 Å². The Morgan fingerprint density at radius 3 is 1.94 bits per heavy atom. The van der Waals surface area contributed by atoms with Crippen molar-refractivity contribution in [3.05, 3.63) is 53.8 Å². The summed E-state index contributed by atoms with van der Waals surface area (Å²) in [6.07, 6.45) is 13.8. The number of hydrogen-bond donors (Lipinski definition) is 0. The predicted molar refractivity (Wildman–Crippen MR) is 132 cm³/mol. The highest BCUT2D eigenvalue weighted by atomic mass is 19.4. The van der Waals surface area contributed by atoms with Crippen LogP contribution in [0.1, 0.15) is 108 Å². The van der Waals surface area contributed by atoms with E-state index in [1.807, 2.05) is 0 Å². The van der Waals surface area contributed by atoms with E-state index in [9.17, 15) is 22.8 Å². The average molecular weight is 497 g/mol. The van der Waals surface area contributed by atoms with Crippen molar-refractivity contribution in [1.29, 1.82) is 0 Å². The first-order valence-electron chi connectivity index (χ1n) is 12.7. The first-order valence-corrected chi connectivity index (χ1v) is 12.7. The Morgan fingerprint density at radius 1 is 0.829 bits per heavy atom. The van der Waals surface area contributed by atoms with E-state index in [1.165, 1.54) is 62.8 Å². The smallest absolute Gasteiger partial charge is 0.426 e. The zero-order valence-corrected chi connectivity index (χ0v) is 21.0. The second kappa shape index (κ2) is 17.8. The van der Waals surface area contributed by atoms with E-state index in [4.69, 9.17) is 4.74 Å². The molecule has 0 fully saturated rings. The van der Waals surface area contributed by atoms with Crippen molar-refractivity contribution in [3.63, 3.8) is 0 Å². The van der Waals surface area contributed by atoms with Crippen LogP contribution in [-0.4, -0.2) is 18.1 Å². The Morgan fingerprint density at radius 2 is 1.37 bits per heavy atom. The molecule has 7 heteroatoms. The highest BCUT2D eigenvalue weighted by Gasteiger charge is 2.37. The standard InChI is InChI=1S/C28H39F3O4/c1-3-4-5-6-7-8-9-10-11-12-13-14-15-16-17-22-26(28(29,30)31)35-27(33)24-20-18-19-21-25(24)34-23(2)32/h10-11,18-22H,3-9,12-17H2,1-2H3/b11-10-,26-22+. The van der Waals surface area contributed by atoms with Gasteiger partial charge in [0.2, 0.25) is 5.76 Å². The van der Waals surface area contributed by atoms with Gasteiger partial charge in [-0.05, 0) is 56.7 Å². The molecule has 0 saturated heterocycles. The molecule has 1 aromatic rings. The quantitative estimate of drug-likeness (QED) is 0.0710. The fourth-order valence-corrected chi connectivity index (χ4v) is 3.52. The number of unbranched alkanes of at least 4 members (excludes halogenated alkanes) is 11. The molecule has 0 saturated carbocycles. The van der Waals surface area contributed by atoms with Crippen molar-refractivity contribution in [2.75, 3.05) is 0 Å². The molecule has 1 aromatic carbocycles. The summed E-state index contributed by atoms with van der Waals surface area (Å²) in [6.45, 7) is 3.35. The van der Waals surface area contributed by atoms with Gasteiger partial charge in [0.05, 0.1) is 0 Å². The molecule has 0 unspecified atom stereocenters. The number of carbonyl (C=O) groups excluding carboxylic acids is 2. The largest absolute Gasteiger partial charge is 0.449 e. The highest BCUT2D eigenvalue weighted by Crippen LogP contribution is 2.29.